The van der Waals surface area contributed by atoms with E-state index in [9.17, 15) is 31.5 Å². The molecule has 35 heavy (non-hydrogen) atoms. The highest BCUT2D eigenvalue weighted by Crippen LogP contribution is 2.32. The summed E-state index contributed by atoms with van der Waals surface area (Å²) in [4.78, 5) is 14.0. The largest absolute Gasteiger partial charge is 0.534 e. The Kier molecular flexibility index (Phi) is 9.32. The Morgan fingerprint density at radius 3 is 2.31 bits per heavy atom. The fourth-order valence-electron chi connectivity index (χ4n) is 2.81. The molecule has 1 N–H and O–H groups in total. The van der Waals surface area contributed by atoms with Crippen molar-refractivity contribution in [3.8, 4) is 5.75 Å². The second kappa shape index (κ2) is 11.2. The maximum Gasteiger partial charge on any atom is 0.534 e. The van der Waals surface area contributed by atoms with Crippen LogP contribution in [0.3, 0.4) is 0 Å². The van der Waals surface area contributed by atoms with Gasteiger partial charge < -0.3 is 18.9 Å². The number of carbonyl (C=O) groups excluding carboxylic acids is 1. The highest BCUT2D eigenvalue weighted by atomic mass is 35.5. The third-order valence-corrected chi connectivity index (χ3v) is 5.92. The van der Waals surface area contributed by atoms with E-state index in [1.54, 1.807) is 45.0 Å². The van der Waals surface area contributed by atoms with E-state index in [4.69, 9.17) is 27.9 Å². The van der Waals surface area contributed by atoms with Crippen LogP contribution >= 0.6 is 23.2 Å². The van der Waals surface area contributed by atoms with Gasteiger partial charge in [0.2, 0.25) is 0 Å². The molecule has 0 aliphatic carbocycles. The molecule has 194 valence electrons. The van der Waals surface area contributed by atoms with Crippen molar-refractivity contribution in [1.29, 1.82) is 0 Å². The third kappa shape index (κ3) is 8.75. The smallest absolute Gasteiger partial charge is 0.444 e. The van der Waals surface area contributed by atoms with Crippen molar-refractivity contribution in [1.82, 2.24) is 4.90 Å². The maximum absolute atomic E-state index is 12.7. The summed E-state index contributed by atoms with van der Waals surface area (Å²) in [5.74, 6) is -0.687. The molecule has 0 heterocycles. The second-order valence-electron chi connectivity index (χ2n) is 8.50. The summed E-state index contributed by atoms with van der Waals surface area (Å²) in [7, 11) is -5.87. The average Bonchev–Trinajstić information content (AvgIpc) is 2.70. The fourth-order valence-corrected chi connectivity index (χ4v) is 3.77. The van der Waals surface area contributed by atoms with Crippen LogP contribution in [0.25, 0.3) is 0 Å². The Hall–Kier alpha value is -2.21. The Labute approximate surface area is 211 Å². The van der Waals surface area contributed by atoms with Crippen molar-refractivity contribution in [3.63, 3.8) is 0 Å². The van der Waals surface area contributed by atoms with Crippen molar-refractivity contribution in [2.45, 2.75) is 44.4 Å². The number of ether oxygens (including phenoxy) is 1. The monoisotopic (exact) mass is 557 g/mol. The van der Waals surface area contributed by atoms with Gasteiger partial charge in [-0.25, -0.2) is 4.79 Å². The van der Waals surface area contributed by atoms with Gasteiger partial charge in [0.1, 0.15) is 5.60 Å². The maximum atomic E-state index is 12.7. The third-order valence-electron chi connectivity index (χ3n) is 4.43. The van der Waals surface area contributed by atoms with E-state index in [0.717, 1.165) is 6.07 Å². The van der Waals surface area contributed by atoms with Crippen molar-refractivity contribution >= 4 is 39.4 Å². The van der Waals surface area contributed by atoms with Gasteiger partial charge in [-0.15, -0.1) is 0 Å². The molecular formula is C22H24Cl2F3NO6S. The number of nitrogens with zero attached hydrogens (tertiary/aromatic N) is 1. The summed E-state index contributed by atoms with van der Waals surface area (Å²) in [5.41, 5.74) is -5.45. The minimum Gasteiger partial charge on any atom is -0.444 e. The van der Waals surface area contributed by atoms with Gasteiger partial charge in [-0.1, -0.05) is 41.4 Å². The lowest BCUT2D eigenvalue weighted by Gasteiger charge is -2.29. The molecule has 1 atom stereocenters. The molecule has 2 aromatic carbocycles. The zero-order valence-electron chi connectivity index (χ0n) is 19.0. The predicted octanol–water partition coefficient (Wildman–Crippen LogP) is 5.74. The van der Waals surface area contributed by atoms with E-state index in [2.05, 4.69) is 4.18 Å². The highest BCUT2D eigenvalue weighted by Gasteiger charge is 2.48. The highest BCUT2D eigenvalue weighted by molar-refractivity contribution is 7.88. The Bertz CT molecular complexity index is 1150. The van der Waals surface area contributed by atoms with Crippen molar-refractivity contribution in [2.75, 3.05) is 13.1 Å². The van der Waals surface area contributed by atoms with Crippen LogP contribution in [-0.4, -0.2) is 48.7 Å². The molecule has 2 rings (SSSR count). The summed E-state index contributed by atoms with van der Waals surface area (Å²) in [6.45, 7) is 4.97. The molecule has 0 fully saturated rings. The van der Waals surface area contributed by atoms with Crippen LogP contribution in [-0.2, 0) is 21.3 Å². The van der Waals surface area contributed by atoms with Crippen LogP contribution < -0.4 is 4.18 Å². The van der Waals surface area contributed by atoms with Crippen molar-refractivity contribution < 1.29 is 40.4 Å². The molecule has 0 aliphatic heterocycles. The van der Waals surface area contributed by atoms with Crippen LogP contribution in [0.5, 0.6) is 5.75 Å². The van der Waals surface area contributed by atoms with E-state index < -0.39 is 39.2 Å². The topological polar surface area (TPSA) is 93.1 Å². The standard InChI is InChI=1S/C22H24Cl2F3NO6S/c1-21(2,3)33-20(30)28(13-18(29)15-5-4-6-16(23)12-15)10-9-14-7-8-19(17(24)11-14)34-35(31,32)22(25,26)27/h4-8,11-12,18,29H,9-10,13H2,1-3H3/t18-/m0/s1. The molecule has 0 saturated carbocycles. The summed E-state index contributed by atoms with van der Waals surface area (Å²) in [5, 5.41) is 10.7. The van der Waals surface area contributed by atoms with Crippen LogP contribution in [0.15, 0.2) is 42.5 Å². The summed E-state index contributed by atoms with van der Waals surface area (Å²) in [6.07, 6.45) is -1.61. The van der Waals surface area contributed by atoms with Gasteiger partial charge in [-0.3, -0.25) is 0 Å². The van der Waals surface area contributed by atoms with Gasteiger partial charge in [-0.2, -0.15) is 21.6 Å². The number of aliphatic hydroxyl groups excluding tert-OH is 1. The number of carbonyl (C=O) groups is 1. The number of alkyl halides is 3. The number of benzene rings is 2. The minimum absolute atomic E-state index is 0.0456. The molecule has 1 amide bonds. The molecule has 0 saturated heterocycles. The lowest BCUT2D eigenvalue weighted by atomic mass is 10.1. The van der Waals surface area contributed by atoms with Gasteiger partial charge >= 0.3 is 21.7 Å². The van der Waals surface area contributed by atoms with Crippen LogP contribution in [0.2, 0.25) is 10.0 Å². The average molecular weight is 558 g/mol. The quantitative estimate of drug-likeness (QED) is 0.329. The van der Waals surface area contributed by atoms with E-state index in [1.165, 1.54) is 17.0 Å². The van der Waals surface area contributed by atoms with Crippen LogP contribution in [0, 0.1) is 0 Å². The Morgan fingerprint density at radius 2 is 1.77 bits per heavy atom. The van der Waals surface area contributed by atoms with Gasteiger partial charge in [0, 0.05) is 11.6 Å². The van der Waals surface area contributed by atoms with E-state index >= 15 is 0 Å². The second-order valence-corrected chi connectivity index (χ2v) is 10.9. The van der Waals surface area contributed by atoms with Crippen LogP contribution in [0.1, 0.15) is 38.0 Å². The lowest BCUT2D eigenvalue weighted by molar-refractivity contribution is -0.0500. The first-order chi connectivity index (χ1) is 16.0. The van der Waals surface area contributed by atoms with Gasteiger partial charge in [0.05, 0.1) is 17.7 Å². The molecule has 7 nitrogen and oxygen atoms in total. The number of aliphatic hydroxyl groups is 1. The fraction of sp³-hybridized carbons (Fsp3) is 0.409. The number of hydrogen-bond donors (Lipinski definition) is 1. The predicted molar refractivity (Wildman–Crippen MR) is 125 cm³/mol. The van der Waals surface area contributed by atoms with E-state index in [0.29, 0.717) is 16.1 Å². The molecule has 2 aromatic rings. The molecule has 0 aromatic heterocycles. The Balaban J connectivity index is 2.17. The number of halogens is 5. The van der Waals surface area contributed by atoms with Crippen molar-refractivity contribution in [2.24, 2.45) is 0 Å². The molecule has 0 bridgehead atoms. The molecule has 13 heteroatoms. The van der Waals surface area contributed by atoms with Gasteiger partial charge in [0.25, 0.3) is 0 Å². The normalized spacial score (nSPS) is 13.3. The zero-order valence-corrected chi connectivity index (χ0v) is 21.3. The summed E-state index contributed by atoms with van der Waals surface area (Å²) in [6, 6.07) is 10.0. The van der Waals surface area contributed by atoms with Crippen molar-refractivity contribution in [3.05, 3.63) is 63.6 Å². The summed E-state index contributed by atoms with van der Waals surface area (Å²) < 4.78 is 69.5. The van der Waals surface area contributed by atoms with E-state index in [-0.39, 0.29) is 24.5 Å². The zero-order chi connectivity index (χ0) is 26.6. The first-order valence-corrected chi connectivity index (χ1v) is 12.4. The van der Waals surface area contributed by atoms with Gasteiger partial charge in [0.15, 0.2) is 5.75 Å². The van der Waals surface area contributed by atoms with Gasteiger partial charge in [-0.05, 0) is 62.6 Å². The molecule has 0 spiro atoms. The van der Waals surface area contributed by atoms with E-state index in [1.807, 2.05) is 0 Å². The van der Waals surface area contributed by atoms with Crippen LogP contribution in [0.4, 0.5) is 18.0 Å². The number of hydrogen-bond acceptors (Lipinski definition) is 6. The SMILES string of the molecule is CC(C)(C)OC(=O)N(CCc1ccc(OS(=O)(=O)C(F)(F)F)c(Cl)c1)C[C@H](O)c1cccc(Cl)c1. The summed E-state index contributed by atoms with van der Waals surface area (Å²) >= 11 is 11.9. The molecular weight excluding hydrogens is 534 g/mol. The first kappa shape index (κ1) is 29.0. The number of rotatable bonds is 8. The molecule has 0 radical (unpaired) electrons. The minimum atomic E-state index is -5.87. The molecule has 0 aliphatic rings. The lowest BCUT2D eigenvalue weighted by Crippen LogP contribution is -2.40. The number of amides is 1. The Morgan fingerprint density at radius 1 is 1.11 bits per heavy atom. The first-order valence-electron chi connectivity index (χ1n) is 10.2. The molecule has 0 unspecified atom stereocenters.